The number of para-hydroxylation sites is 2. The molecule has 0 amide bonds. The van der Waals surface area contributed by atoms with Crippen LogP contribution in [-0.4, -0.2) is 46.3 Å². The van der Waals surface area contributed by atoms with Gasteiger partial charge in [-0.2, -0.15) is 8.42 Å². The first kappa shape index (κ1) is 28.5. The largest absolute Gasteiger partial charge is 0.326 e. The second-order valence-corrected chi connectivity index (χ2v) is 13.1. The first-order chi connectivity index (χ1) is 21.2. The predicted molar refractivity (Wildman–Crippen MR) is 173 cm³/mol. The Kier molecular flexibility index (Phi) is 7.37. The lowest BCUT2D eigenvalue weighted by atomic mass is 10.0. The molecule has 1 fully saturated rings. The van der Waals surface area contributed by atoms with Gasteiger partial charge in [0.25, 0.3) is 10.1 Å². The van der Waals surface area contributed by atoms with E-state index < -0.39 is 10.1 Å². The fraction of sp³-hybridized carbons (Fsp3) is 0.212. The van der Waals surface area contributed by atoms with E-state index in [2.05, 4.69) is 34.1 Å². The predicted octanol–water partition coefficient (Wildman–Crippen LogP) is 6.17. The van der Waals surface area contributed by atoms with Gasteiger partial charge >= 0.3 is 5.69 Å². The number of aromatic amines is 1. The van der Waals surface area contributed by atoms with Gasteiger partial charge in [-0.15, -0.1) is 0 Å². The number of H-pyrrole nitrogens is 1. The molecule has 0 saturated carbocycles. The number of fused-ring (bicyclic) bond motifs is 2. The van der Waals surface area contributed by atoms with E-state index in [9.17, 15) is 17.8 Å². The zero-order valence-electron chi connectivity index (χ0n) is 23.7. The van der Waals surface area contributed by atoms with Gasteiger partial charge in [0.15, 0.2) is 0 Å². The number of nitrogens with one attached hydrogen (secondary N) is 1. The highest BCUT2D eigenvalue weighted by atomic mass is 35.5. The van der Waals surface area contributed by atoms with E-state index in [0.29, 0.717) is 17.8 Å². The number of halogens is 1. The van der Waals surface area contributed by atoms with Crippen molar-refractivity contribution in [1.82, 2.24) is 14.5 Å². The van der Waals surface area contributed by atoms with E-state index in [0.717, 1.165) is 60.6 Å². The van der Waals surface area contributed by atoms with Gasteiger partial charge in [-0.05, 0) is 60.4 Å². The summed E-state index contributed by atoms with van der Waals surface area (Å²) in [7, 11) is -4.48. The first-order valence-corrected chi connectivity index (χ1v) is 16.3. The summed E-state index contributed by atoms with van der Waals surface area (Å²) in [6.07, 6.45) is 1.80. The van der Waals surface area contributed by atoms with Gasteiger partial charge in [0.2, 0.25) is 0 Å². The van der Waals surface area contributed by atoms with Crippen molar-refractivity contribution in [1.29, 1.82) is 0 Å². The number of aliphatic imine (C=N–C) groups is 1. The van der Waals surface area contributed by atoms with Crippen molar-refractivity contribution in [2.45, 2.75) is 36.9 Å². The van der Waals surface area contributed by atoms with Crippen LogP contribution in [0.5, 0.6) is 0 Å². The molecule has 0 aliphatic carbocycles. The zero-order chi connectivity index (χ0) is 30.4. The Bertz CT molecular complexity index is 2050. The molecule has 1 aromatic heterocycles. The summed E-state index contributed by atoms with van der Waals surface area (Å²) in [4.78, 5) is 24.6. The third kappa shape index (κ3) is 5.46. The average Bonchev–Trinajstić information content (AvgIpc) is 3.36. The van der Waals surface area contributed by atoms with Crippen LogP contribution in [0.2, 0.25) is 5.02 Å². The summed E-state index contributed by atoms with van der Waals surface area (Å²) in [6.45, 7) is 2.94. The first-order valence-electron chi connectivity index (χ1n) is 14.5. The van der Waals surface area contributed by atoms with Crippen LogP contribution in [0.25, 0.3) is 11.0 Å². The van der Waals surface area contributed by atoms with Crippen LogP contribution < -0.4 is 10.6 Å². The molecule has 7 rings (SSSR count). The van der Waals surface area contributed by atoms with Gasteiger partial charge in [0.1, 0.15) is 10.7 Å². The minimum atomic E-state index is -4.48. The van der Waals surface area contributed by atoms with Gasteiger partial charge < -0.3 is 9.88 Å². The average molecular weight is 628 g/mol. The van der Waals surface area contributed by atoms with Crippen LogP contribution in [0.4, 0.5) is 11.4 Å². The lowest BCUT2D eigenvalue weighted by Crippen LogP contribution is -2.36. The van der Waals surface area contributed by atoms with Crippen molar-refractivity contribution in [2.75, 3.05) is 18.0 Å². The molecule has 5 aromatic rings. The summed E-state index contributed by atoms with van der Waals surface area (Å²) in [5, 5.41) is -0.0715. The molecule has 2 N–H and O–H groups in total. The fourth-order valence-corrected chi connectivity index (χ4v) is 7.31. The fourth-order valence-electron chi connectivity index (χ4n) is 6.27. The molecule has 2 aliphatic heterocycles. The van der Waals surface area contributed by atoms with Gasteiger partial charge in [-0.3, -0.25) is 14.0 Å². The normalized spacial score (nSPS) is 16.2. The van der Waals surface area contributed by atoms with Gasteiger partial charge in [-0.1, -0.05) is 66.2 Å². The molecule has 0 bridgehead atoms. The quantitative estimate of drug-likeness (QED) is 0.218. The Morgan fingerprint density at radius 3 is 2.36 bits per heavy atom. The van der Waals surface area contributed by atoms with Crippen LogP contribution in [-0.2, 0) is 23.2 Å². The number of amidine groups is 1. The Morgan fingerprint density at radius 2 is 1.64 bits per heavy atom. The summed E-state index contributed by atoms with van der Waals surface area (Å²) in [5.41, 5.74) is 5.99. The summed E-state index contributed by atoms with van der Waals surface area (Å²) < 4.78 is 35.4. The van der Waals surface area contributed by atoms with Crippen molar-refractivity contribution < 1.29 is 13.0 Å². The van der Waals surface area contributed by atoms with E-state index in [4.69, 9.17) is 16.6 Å². The maximum atomic E-state index is 12.7. The van der Waals surface area contributed by atoms with Crippen LogP contribution in [0.3, 0.4) is 0 Å². The number of rotatable bonds is 6. The summed E-state index contributed by atoms with van der Waals surface area (Å²) in [5.74, 6) is 0.719. The molecule has 4 aromatic carbocycles. The molecule has 11 heteroatoms. The lowest BCUT2D eigenvalue weighted by molar-refractivity contribution is 0.180. The van der Waals surface area contributed by atoms with Gasteiger partial charge in [-0.25, -0.2) is 9.79 Å². The molecule has 0 radical (unpaired) electrons. The molecule has 224 valence electrons. The monoisotopic (exact) mass is 627 g/mol. The van der Waals surface area contributed by atoms with Crippen LogP contribution in [0.1, 0.15) is 35.6 Å². The smallest absolute Gasteiger partial charge is 0.321 e. The zero-order valence-corrected chi connectivity index (χ0v) is 25.3. The van der Waals surface area contributed by atoms with Crippen molar-refractivity contribution >= 4 is 50.0 Å². The molecule has 0 atom stereocenters. The number of aromatic nitrogens is 2. The van der Waals surface area contributed by atoms with Crippen molar-refractivity contribution in [2.24, 2.45) is 4.99 Å². The SMILES string of the molecule is O=c1[nH]c2ccccc2n1C1CCN(Cc2ccc(N3Cc4cc(S(=O)(=O)O)c(Cl)cc4N=C3c3ccccc3)cc2)CC1. The summed E-state index contributed by atoms with van der Waals surface area (Å²) >= 11 is 6.21. The standard InChI is InChI=1S/C33H30ClN5O4S/c34-27-19-29-24(18-31(27)44(41,42)43)21-38(32(35-29)23-6-2-1-3-7-23)25-12-10-22(11-13-25)20-37-16-14-26(15-17-37)39-30-9-5-4-8-28(30)36-33(39)40/h1-13,18-19,26H,14-17,20-21H2,(H,36,40)(H,41,42,43). The second kappa shape index (κ2) is 11.4. The number of likely N-dealkylation sites (tertiary alicyclic amines) is 1. The Balaban J connectivity index is 1.10. The van der Waals surface area contributed by atoms with E-state index in [1.54, 1.807) is 0 Å². The highest BCUT2D eigenvalue weighted by molar-refractivity contribution is 7.86. The summed E-state index contributed by atoms with van der Waals surface area (Å²) in [6, 6.07) is 29.0. The van der Waals surface area contributed by atoms with E-state index >= 15 is 0 Å². The molecule has 0 unspecified atom stereocenters. The molecule has 2 aliphatic rings. The van der Waals surface area contributed by atoms with Crippen LogP contribution >= 0.6 is 11.6 Å². The Morgan fingerprint density at radius 1 is 0.932 bits per heavy atom. The number of nitrogens with zero attached hydrogens (tertiary/aromatic N) is 4. The van der Waals surface area contributed by atoms with Crippen molar-refractivity contribution in [3.05, 3.63) is 123 Å². The maximum absolute atomic E-state index is 12.7. The third-order valence-corrected chi connectivity index (χ3v) is 9.77. The molecule has 44 heavy (non-hydrogen) atoms. The number of anilines is 1. The molecule has 1 saturated heterocycles. The van der Waals surface area contributed by atoms with Crippen molar-refractivity contribution in [3.8, 4) is 0 Å². The molecule has 0 spiro atoms. The van der Waals surface area contributed by atoms with Crippen LogP contribution in [0.15, 0.2) is 106 Å². The second-order valence-electron chi connectivity index (χ2n) is 11.3. The highest BCUT2D eigenvalue weighted by Crippen LogP contribution is 2.37. The molecule has 3 heterocycles. The number of benzene rings is 4. The van der Waals surface area contributed by atoms with Crippen molar-refractivity contribution in [3.63, 3.8) is 0 Å². The Labute approximate surface area is 259 Å². The number of imidazole rings is 1. The lowest BCUT2D eigenvalue weighted by Gasteiger charge is -2.33. The van der Waals surface area contributed by atoms with Gasteiger partial charge in [0.05, 0.1) is 28.3 Å². The Hall–Kier alpha value is -4.22. The molecular weight excluding hydrogens is 598 g/mol. The van der Waals surface area contributed by atoms with E-state index in [1.807, 2.05) is 64.1 Å². The minimum Gasteiger partial charge on any atom is -0.321 e. The number of hydrogen-bond acceptors (Lipinski definition) is 6. The minimum absolute atomic E-state index is 0.0451. The topological polar surface area (TPSA) is 111 Å². The van der Waals surface area contributed by atoms with E-state index in [-0.39, 0.29) is 21.6 Å². The maximum Gasteiger partial charge on any atom is 0.326 e. The van der Waals surface area contributed by atoms with E-state index in [1.165, 1.54) is 17.7 Å². The third-order valence-electron chi connectivity index (χ3n) is 8.45. The van der Waals surface area contributed by atoms with Gasteiger partial charge in [0, 0.05) is 36.9 Å². The number of piperidine rings is 1. The number of hydrogen-bond donors (Lipinski definition) is 2. The highest BCUT2D eigenvalue weighted by Gasteiger charge is 2.27. The molecule has 9 nitrogen and oxygen atoms in total. The van der Waals surface area contributed by atoms with Crippen LogP contribution in [0, 0.1) is 0 Å². The molecular formula is C33H30ClN5O4S.